The number of hydrogen-bond acceptors (Lipinski definition) is 4. The molecule has 3 heterocycles. The first-order valence-corrected chi connectivity index (χ1v) is 9.45. The smallest absolute Gasteiger partial charge is 0.237 e. The van der Waals surface area contributed by atoms with Crippen molar-refractivity contribution in [3.8, 4) is 0 Å². The molecule has 0 radical (unpaired) electrons. The van der Waals surface area contributed by atoms with E-state index in [2.05, 4.69) is 38.8 Å². The van der Waals surface area contributed by atoms with Crippen molar-refractivity contribution in [2.75, 3.05) is 19.6 Å². The van der Waals surface area contributed by atoms with Crippen molar-refractivity contribution >= 4 is 11.8 Å². The fraction of sp³-hybridized carbons (Fsp3) is 0.450. The Morgan fingerprint density at radius 1 is 1.26 bits per heavy atom. The molecule has 7 nitrogen and oxygen atoms in total. The van der Waals surface area contributed by atoms with Gasteiger partial charge in [0.1, 0.15) is 0 Å². The average Bonchev–Trinajstić information content (AvgIpc) is 3.14. The molecule has 0 aliphatic carbocycles. The topological polar surface area (TPSA) is 70.5 Å². The predicted octanol–water partition coefficient (Wildman–Crippen LogP) is 0.924. The Hall–Kier alpha value is -2.67. The molecule has 7 heteroatoms. The summed E-state index contributed by atoms with van der Waals surface area (Å²) in [6.07, 6.45) is 3.82. The van der Waals surface area contributed by atoms with E-state index in [1.54, 1.807) is 12.5 Å². The first kappa shape index (κ1) is 17.7. The summed E-state index contributed by atoms with van der Waals surface area (Å²) in [5.41, 5.74) is 3.45. The number of aryl methyl sites for hydroxylation is 1. The van der Waals surface area contributed by atoms with Crippen molar-refractivity contribution in [2.45, 2.75) is 39.0 Å². The number of nitrogens with zero attached hydrogens (tertiary/aromatic N) is 4. The number of nitrogens with one attached hydrogen (secondary N) is 1. The van der Waals surface area contributed by atoms with E-state index < -0.39 is 6.04 Å². The number of carbonyl (C=O) groups is 2. The van der Waals surface area contributed by atoms with Crippen LogP contribution in [0.15, 0.2) is 36.8 Å². The molecule has 1 saturated heterocycles. The maximum absolute atomic E-state index is 12.9. The molecule has 0 unspecified atom stereocenters. The first-order chi connectivity index (χ1) is 13.1. The molecule has 1 fully saturated rings. The Morgan fingerprint density at radius 2 is 2.11 bits per heavy atom. The lowest BCUT2D eigenvalue weighted by atomic mass is 10.0. The van der Waals surface area contributed by atoms with Gasteiger partial charge in [0, 0.05) is 38.9 Å². The summed E-state index contributed by atoms with van der Waals surface area (Å²) in [7, 11) is 0. The van der Waals surface area contributed by atoms with E-state index in [9.17, 15) is 9.59 Å². The van der Waals surface area contributed by atoms with Crippen LogP contribution in [0.2, 0.25) is 0 Å². The van der Waals surface area contributed by atoms with Crippen molar-refractivity contribution < 1.29 is 9.59 Å². The van der Waals surface area contributed by atoms with Crippen LogP contribution in [-0.2, 0) is 29.2 Å². The second-order valence-electron chi connectivity index (χ2n) is 7.30. The van der Waals surface area contributed by atoms with E-state index in [-0.39, 0.29) is 18.2 Å². The molecule has 2 aliphatic rings. The molecule has 2 amide bonds. The predicted molar refractivity (Wildman–Crippen MR) is 101 cm³/mol. The lowest BCUT2D eigenvalue weighted by molar-refractivity contribution is -0.140. The average molecular weight is 367 g/mol. The van der Waals surface area contributed by atoms with E-state index >= 15 is 0 Å². The van der Waals surface area contributed by atoms with Crippen molar-refractivity contribution in [1.82, 2.24) is 24.7 Å². The van der Waals surface area contributed by atoms with Crippen molar-refractivity contribution in [3.05, 3.63) is 53.6 Å². The third-order valence-electron chi connectivity index (χ3n) is 5.56. The van der Waals surface area contributed by atoms with Crippen LogP contribution < -0.4 is 5.32 Å². The van der Waals surface area contributed by atoms with E-state index in [0.29, 0.717) is 26.2 Å². The fourth-order valence-corrected chi connectivity index (χ4v) is 3.87. The van der Waals surface area contributed by atoms with E-state index in [4.69, 9.17) is 0 Å². The van der Waals surface area contributed by atoms with Gasteiger partial charge in [0.15, 0.2) is 0 Å². The molecule has 4 rings (SSSR count). The SMILES string of the molecule is Cc1ccccc1CN1CCNC(=O)[C@@H]1CC(=O)N1CCn2cncc2C1. The number of rotatable bonds is 4. The molecule has 0 bridgehead atoms. The standard InChI is InChI=1S/C20H25N5O2/c1-15-4-2-3-5-16(15)12-23-7-6-22-20(27)18(23)10-19(26)24-8-9-25-14-21-11-17(25)13-24/h2-5,11,14,18H,6-10,12-13H2,1H3,(H,22,27)/t18-/m0/s1. The molecule has 27 heavy (non-hydrogen) atoms. The summed E-state index contributed by atoms with van der Waals surface area (Å²) in [4.78, 5) is 33.5. The van der Waals surface area contributed by atoms with Crippen LogP contribution >= 0.6 is 0 Å². The zero-order valence-electron chi connectivity index (χ0n) is 15.6. The summed E-state index contributed by atoms with van der Waals surface area (Å²) in [5, 5.41) is 2.92. The number of fused-ring (bicyclic) bond motifs is 1. The minimum Gasteiger partial charge on any atom is -0.353 e. The van der Waals surface area contributed by atoms with Gasteiger partial charge in [-0.1, -0.05) is 24.3 Å². The summed E-state index contributed by atoms with van der Waals surface area (Å²) >= 11 is 0. The summed E-state index contributed by atoms with van der Waals surface area (Å²) in [5.74, 6) is -0.0236. The molecule has 1 atom stereocenters. The molecular weight excluding hydrogens is 342 g/mol. The second kappa shape index (κ2) is 7.52. The fourth-order valence-electron chi connectivity index (χ4n) is 3.87. The summed E-state index contributed by atoms with van der Waals surface area (Å²) in [6.45, 7) is 6.12. The number of amides is 2. The van der Waals surface area contributed by atoms with Gasteiger partial charge in [-0.3, -0.25) is 14.5 Å². The normalized spacial score (nSPS) is 20.3. The third kappa shape index (κ3) is 3.73. The zero-order chi connectivity index (χ0) is 18.8. The first-order valence-electron chi connectivity index (χ1n) is 9.45. The number of piperazine rings is 1. The van der Waals surface area contributed by atoms with Crippen LogP contribution in [0, 0.1) is 6.92 Å². The largest absolute Gasteiger partial charge is 0.353 e. The van der Waals surface area contributed by atoms with Crippen LogP contribution in [0.25, 0.3) is 0 Å². The van der Waals surface area contributed by atoms with Gasteiger partial charge in [0.05, 0.1) is 31.0 Å². The highest BCUT2D eigenvalue weighted by molar-refractivity contribution is 5.88. The Balaban J connectivity index is 1.45. The van der Waals surface area contributed by atoms with Crippen LogP contribution in [-0.4, -0.2) is 56.8 Å². The Kier molecular flexibility index (Phi) is 4.94. The highest BCUT2D eigenvalue weighted by atomic mass is 16.2. The maximum atomic E-state index is 12.9. The van der Waals surface area contributed by atoms with Crippen molar-refractivity contribution in [3.63, 3.8) is 0 Å². The summed E-state index contributed by atoms with van der Waals surface area (Å²) < 4.78 is 2.07. The quantitative estimate of drug-likeness (QED) is 0.873. The zero-order valence-corrected chi connectivity index (χ0v) is 15.6. The maximum Gasteiger partial charge on any atom is 0.237 e. The van der Waals surface area contributed by atoms with Crippen LogP contribution in [0.4, 0.5) is 0 Å². The Bertz CT molecular complexity index is 846. The third-order valence-corrected chi connectivity index (χ3v) is 5.56. The lowest BCUT2D eigenvalue weighted by Crippen LogP contribution is -2.56. The van der Waals surface area contributed by atoms with Gasteiger partial charge in [-0.15, -0.1) is 0 Å². The van der Waals surface area contributed by atoms with Gasteiger partial charge in [-0.05, 0) is 18.1 Å². The highest BCUT2D eigenvalue weighted by Gasteiger charge is 2.33. The number of benzene rings is 1. The second-order valence-corrected chi connectivity index (χ2v) is 7.30. The van der Waals surface area contributed by atoms with Gasteiger partial charge >= 0.3 is 0 Å². The number of hydrogen-bond donors (Lipinski definition) is 1. The van der Waals surface area contributed by atoms with Crippen LogP contribution in [0.1, 0.15) is 23.2 Å². The molecular formula is C20H25N5O2. The molecule has 2 aliphatic heterocycles. The molecule has 0 saturated carbocycles. The van der Waals surface area contributed by atoms with E-state index in [1.807, 2.05) is 17.0 Å². The van der Waals surface area contributed by atoms with Crippen molar-refractivity contribution in [1.29, 1.82) is 0 Å². The molecule has 1 aromatic carbocycles. The Labute approximate surface area is 159 Å². The molecule has 1 N–H and O–H groups in total. The van der Waals surface area contributed by atoms with Gasteiger partial charge in [-0.25, -0.2) is 4.98 Å². The van der Waals surface area contributed by atoms with Crippen LogP contribution in [0.3, 0.4) is 0 Å². The Morgan fingerprint density at radius 3 is 2.96 bits per heavy atom. The molecule has 2 aromatic rings. The molecule has 142 valence electrons. The highest BCUT2D eigenvalue weighted by Crippen LogP contribution is 2.19. The van der Waals surface area contributed by atoms with Gasteiger partial charge in [0.25, 0.3) is 0 Å². The number of carbonyl (C=O) groups excluding carboxylic acids is 2. The molecule has 0 spiro atoms. The lowest BCUT2D eigenvalue weighted by Gasteiger charge is -2.36. The van der Waals surface area contributed by atoms with Crippen LogP contribution in [0.5, 0.6) is 0 Å². The van der Waals surface area contributed by atoms with E-state index in [1.165, 1.54) is 11.1 Å². The van der Waals surface area contributed by atoms with Crippen molar-refractivity contribution in [2.24, 2.45) is 0 Å². The number of imidazole rings is 1. The monoisotopic (exact) mass is 367 g/mol. The minimum atomic E-state index is -0.419. The summed E-state index contributed by atoms with van der Waals surface area (Å²) in [6, 6.07) is 7.79. The minimum absolute atomic E-state index is 0.0271. The van der Waals surface area contributed by atoms with E-state index in [0.717, 1.165) is 18.8 Å². The van der Waals surface area contributed by atoms with Gasteiger partial charge in [-0.2, -0.15) is 0 Å². The molecule has 1 aromatic heterocycles. The van der Waals surface area contributed by atoms with Gasteiger partial charge in [0.2, 0.25) is 11.8 Å². The number of aromatic nitrogens is 2. The van der Waals surface area contributed by atoms with Gasteiger partial charge < -0.3 is 14.8 Å².